The van der Waals surface area contributed by atoms with Crippen molar-refractivity contribution in [2.24, 2.45) is 0 Å². The molecule has 2 aromatic carbocycles. The van der Waals surface area contributed by atoms with Crippen molar-refractivity contribution < 1.29 is 14.3 Å². The Labute approximate surface area is 160 Å². The van der Waals surface area contributed by atoms with E-state index in [1.807, 2.05) is 55.5 Å². The van der Waals surface area contributed by atoms with Gasteiger partial charge >= 0.3 is 6.09 Å². The van der Waals surface area contributed by atoms with E-state index < -0.39 is 17.7 Å². The molecule has 0 spiro atoms. The van der Waals surface area contributed by atoms with Gasteiger partial charge in [0.25, 0.3) is 0 Å². The van der Waals surface area contributed by atoms with E-state index in [2.05, 4.69) is 16.0 Å². The van der Waals surface area contributed by atoms with Crippen LogP contribution in [0.2, 0.25) is 0 Å². The Kier molecular flexibility index (Phi) is 6.45. The van der Waals surface area contributed by atoms with Crippen LogP contribution >= 0.6 is 0 Å². The van der Waals surface area contributed by atoms with Crippen molar-refractivity contribution in [2.75, 3.05) is 10.6 Å². The molecule has 0 fully saturated rings. The zero-order valence-electron chi connectivity index (χ0n) is 16.4. The first-order valence-corrected chi connectivity index (χ1v) is 8.88. The molecule has 0 aliphatic heterocycles. The highest BCUT2D eigenvalue weighted by atomic mass is 16.6. The fourth-order valence-electron chi connectivity index (χ4n) is 2.40. The molecular weight excluding hydrogens is 342 g/mol. The molecule has 3 N–H and O–H groups in total. The van der Waals surface area contributed by atoms with Crippen LogP contribution in [-0.4, -0.2) is 23.6 Å². The second-order valence-electron chi connectivity index (χ2n) is 7.35. The Morgan fingerprint density at radius 1 is 1.00 bits per heavy atom. The number of benzene rings is 2. The second kappa shape index (κ2) is 8.58. The quantitative estimate of drug-likeness (QED) is 0.720. The number of hydrogen-bond donors (Lipinski definition) is 3. The second-order valence-corrected chi connectivity index (χ2v) is 7.35. The Hall–Kier alpha value is -3.02. The minimum Gasteiger partial charge on any atom is -0.444 e. The van der Waals surface area contributed by atoms with E-state index in [1.165, 1.54) is 0 Å². The van der Waals surface area contributed by atoms with Gasteiger partial charge in [-0.15, -0.1) is 0 Å². The number of aryl methyl sites for hydroxylation is 1. The zero-order valence-corrected chi connectivity index (χ0v) is 16.4. The van der Waals surface area contributed by atoms with Gasteiger partial charge in [-0.3, -0.25) is 4.79 Å². The first-order valence-electron chi connectivity index (χ1n) is 8.88. The van der Waals surface area contributed by atoms with Crippen LogP contribution in [0.25, 0.3) is 0 Å². The Balaban J connectivity index is 2.09. The summed E-state index contributed by atoms with van der Waals surface area (Å²) in [4.78, 5) is 24.4. The number of carbonyl (C=O) groups is 2. The molecule has 0 saturated heterocycles. The van der Waals surface area contributed by atoms with Crippen LogP contribution in [0, 0.1) is 6.92 Å². The number of carbonyl (C=O) groups excluding carboxylic acids is 2. The molecule has 1 atom stereocenters. The molecule has 0 radical (unpaired) electrons. The van der Waals surface area contributed by atoms with Gasteiger partial charge in [0.1, 0.15) is 11.6 Å². The van der Waals surface area contributed by atoms with Crippen LogP contribution in [0.1, 0.15) is 33.3 Å². The number of hydrogen-bond acceptors (Lipinski definition) is 4. The number of ether oxygens (including phenoxy) is 1. The summed E-state index contributed by atoms with van der Waals surface area (Å²) < 4.78 is 5.19. The molecular formula is C21H27N3O3. The molecule has 0 heterocycles. The molecule has 0 bridgehead atoms. The summed E-state index contributed by atoms with van der Waals surface area (Å²) in [6.45, 7) is 8.84. The van der Waals surface area contributed by atoms with Crippen LogP contribution in [0.5, 0.6) is 0 Å². The monoisotopic (exact) mass is 369 g/mol. The maximum Gasteiger partial charge on any atom is 0.408 e. The minimum absolute atomic E-state index is 0.328. The first kappa shape index (κ1) is 20.3. The number of amides is 2. The molecule has 2 amide bonds. The molecule has 6 heteroatoms. The summed E-state index contributed by atoms with van der Waals surface area (Å²) in [6.07, 6.45) is -0.627. The van der Waals surface area contributed by atoms with E-state index >= 15 is 0 Å². The van der Waals surface area contributed by atoms with Gasteiger partial charge in [0.2, 0.25) is 5.91 Å². The molecule has 0 aliphatic carbocycles. The summed E-state index contributed by atoms with van der Waals surface area (Å²) in [5, 5.41) is 8.75. The van der Waals surface area contributed by atoms with Crippen LogP contribution in [0.3, 0.4) is 0 Å². The largest absolute Gasteiger partial charge is 0.444 e. The van der Waals surface area contributed by atoms with Crippen molar-refractivity contribution in [3.63, 3.8) is 0 Å². The number of para-hydroxylation sites is 2. The number of rotatable bonds is 5. The summed E-state index contributed by atoms with van der Waals surface area (Å²) in [6, 6.07) is 14.7. The van der Waals surface area contributed by atoms with Crippen LogP contribution in [0.15, 0.2) is 48.5 Å². The molecule has 1 unspecified atom stereocenters. The lowest BCUT2D eigenvalue weighted by molar-refractivity contribution is -0.117. The number of alkyl carbamates (subject to hydrolysis) is 1. The first-order chi connectivity index (χ1) is 12.7. The van der Waals surface area contributed by atoms with Gasteiger partial charge in [0.15, 0.2) is 0 Å². The van der Waals surface area contributed by atoms with E-state index in [0.29, 0.717) is 5.69 Å². The van der Waals surface area contributed by atoms with Crippen molar-refractivity contribution in [3.8, 4) is 0 Å². The van der Waals surface area contributed by atoms with Gasteiger partial charge in [-0.2, -0.15) is 0 Å². The van der Waals surface area contributed by atoms with Crippen LogP contribution in [-0.2, 0) is 9.53 Å². The van der Waals surface area contributed by atoms with E-state index in [4.69, 9.17) is 4.74 Å². The third kappa shape index (κ3) is 6.33. The highest BCUT2D eigenvalue weighted by Gasteiger charge is 2.22. The maximum absolute atomic E-state index is 12.6. The van der Waals surface area contributed by atoms with Gasteiger partial charge in [-0.1, -0.05) is 30.3 Å². The normalized spacial score (nSPS) is 12.0. The van der Waals surface area contributed by atoms with Crippen molar-refractivity contribution >= 4 is 29.1 Å². The minimum atomic E-state index is -0.746. The maximum atomic E-state index is 12.6. The number of nitrogens with one attached hydrogen (secondary N) is 3. The van der Waals surface area contributed by atoms with Crippen LogP contribution < -0.4 is 16.0 Å². The van der Waals surface area contributed by atoms with Crippen molar-refractivity contribution in [1.29, 1.82) is 0 Å². The average Bonchev–Trinajstić information content (AvgIpc) is 2.57. The standard InChI is InChI=1S/C21H27N3O3/c1-14-10-9-13-17(23-16-11-7-6-8-12-16)18(14)24-19(25)15(2)22-20(26)27-21(3,4)5/h6-13,15,23H,1-5H3,(H,22,26)(H,24,25). The van der Waals surface area contributed by atoms with E-state index in [-0.39, 0.29) is 5.91 Å². The van der Waals surface area contributed by atoms with E-state index in [0.717, 1.165) is 16.9 Å². The Morgan fingerprint density at radius 2 is 1.67 bits per heavy atom. The van der Waals surface area contributed by atoms with Crippen LogP contribution in [0.4, 0.5) is 21.9 Å². The third-order valence-corrected chi connectivity index (χ3v) is 3.70. The van der Waals surface area contributed by atoms with Crippen molar-refractivity contribution in [3.05, 3.63) is 54.1 Å². The summed E-state index contributed by atoms with van der Waals surface area (Å²) >= 11 is 0. The summed E-state index contributed by atoms with van der Waals surface area (Å²) in [7, 11) is 0. The fraction of sp³-hybridized carbons (Fsp3) is 0.333. The summed E-state index contributed by atoms with van der Waals surface area (Å²) in [5.74, 6) is -0.328. The summed E-state index contributed by atoms with van der Waals surface area (Å²) in [5.41, 5.74) is 2.65. The van der Waals surface area contributed by atoms with Gasteiger partial charge in [-0.25, -0.2) is 4.79 Å². The van der Waals surface area contributed by atoms with Crippen molar-refractivity contribution in [1.82, 2.24) is 5.32 Å². The predicted octanol–water partition coefficient (Wildman–Crippen LogP) is 4.59. The highest BCUT2D eigenvalue weighted by molar-refractivity contribution is 6.00. The smallest absolute Gasteiger partial charge is 0.408 e. The molecule has 2 aromatic rings. The SMILES string of the molecule is Cc1cccc(Nc2ccccc2)c1NC(=O)C(C)NC(=O)OC(C)(C)C. The molecule has 27 heavy (non-hydrogen) atoms. The highest BCUT2D eigenvalue weighted by Crippen LogP contribution is 2.28. The lowest BCUT2D eigenvalue weighted by Crippen LogP contribution is -2.44. The lowest BCUT2D eigenvalue weighted by atomic mass is 10.1. The Morgan fingerprint density at radius 3 is 2.30 bits per heavy atom. The van der Waals surface area contributed by atoms with Gasteiger partial charge in [0, 0.05) is 5.69 Å². The predicted molar refractivity (Wildman–Crippen MR) is 108 cm³/mol. The van der Waals surface area contributed by atoms with E-state index in [1.54, 1.807) is 27.7 Å². The lowest BCUT2D eigenvalue weighted by Gasteiger charge is -2.22. The molecule has 6 nitrogen and oxygen atoms in total. The Bertz CT molecular complexity index is 798. The fourth-order valence-corrected chi connectivity index (χ4v) is 2.40. The van der Waals surface area contributed by atoms with Gasteiger partial charge in [0.05, 0.1) is 11.4 Å². The third-order valence-electron chi connectivity index (χ3n) is 3.70. The molecule has 144 valence electrons. The molecule has 0 aromatic heterocycles. The van der Waals surface area contributed by atoms with Crippen molar-refractivity contribution in [2.45, 2.75) is 46.3 Å². The van der Waals surface area contributed by atoms with Gasteiger partial charge < -0.3 is 20.7 Å². The van der Waals surface area contributed by atoms with Gasteiger partial charge in [-0.05, 0) is 58.4 Å². The molecule has 0 aliphatic rings. The zero-order chi connectivity index (χ0) is 20.0. The molecule has 0 saturated carbocycles. The average molecular weight is 369 g/mol. The van der Waals surface area contributed by atoms with E-state index in [9.17, 15) is 9.59 Å². The number of anilines is 3. The topological polar surface area (TPSA) is 79.5 Å². The molecule has 2 rings (SSSR count).